The average Bonchev–Trinajstić information content (AvgIpc) is 3.13. The third-order valence-corrected chi connectivity index (χ3v) is 4.28. The minimum Gasteiger partial charge on any atom is -0.505 e. The highest BCUT2D eigenvalue weighted by atomic mass is 32.1. The molecule has 0 fully saturated rings. The summed E-state index contributed by atoms with van der Waals surface area (Å²) < 4.78 is 28.9. The van der Waals surface area contributed by atoms with E-state index in [1.54, 1.807) is 12.4 Å². The molecule has 3 aromatic heterocycles. The van der Waals surface area contributed by atoms with Crippen molar-refractivity contribution >= 4 is 33.1 Å². The van der Waals surface area contributed by atoms with Crippen LogP contribution < -0.4 is 0 Å². The van der Waals surface area contributed by atoms with E-state index >= 15 is 0 Å². The molecule has 0 saturated heterocycles. The molecule has 0 aliphatic carbocycles. The second-order valence-corrected chi connectivity index (χ2v) is 5.69. The number of phenolic OH excluding ortho intramolecular Hbond substituents is 1. The summed E-state index contributed by atoms with van der Waals surface area (Å²) in [5.41, 5.74) is 2.66. The number of fused-ring (bicyclic) bond motifs is 3. The number of aromatic hydroxyl groups is 1. The quantitative estimate of drug-likeness (QED) is 0.563. The zero-order valence-electron chi connectivity index (χ0n) is 11.2. The lowest BCUT2D eigenvalue weighted by Gasteiger charge is -2.09. The first-order valence-electron chi connectivity index (χ1n) is 6.32. The van der Waals surface area contributed by atoms with E-state index in [1.165, 1.54) is 17.5 Å². The molecule has 4 rings (SSSR count). The predicted molar refractivity (Wildman–Crippen MR) is 78.8 cm³/mol. The van der Waals surface area contributed by atoms with Crippen LogP contribution in [0.4, 0.5) is 8.78 Å². The number of nitrogens with one attached hydrogen (secondary N) is 1. The van der Waals surface area contributed by atoms with Gasteiger partial charge in [0.25, 0.3) is 0 Å². The van der Waals surface area contributed by atoms with Crippen molar-refractivity contribution in [2.75, 3.05) is 0 Å². The number of aromatic amines is 1. The molecule has 3 heterocycles. The Balaban J connectivity index is 2.33. The second-order valence-electron chi connectivity index (χ2n) is 4.80. The summed E-state index contributed by atoms with van der Waals surface area (Å²) in [6.07, 6.45) is 1.53. The number of benzene rings is 1. The van der Waals surface area contributed by atoms with Gasteiger partial charge in [-0.05, 0) is 6.92 Å². The van der Waals surface area contributed by atoms with Crippen molar-refractivity contribution in [3.63, 3.8) is 0 Å². The zero-order valence-corrected chi connectivity index (χ0v) is 12.0. The first kappa shape index (κ1) is 13.1. The number of aryl methyl sites for hydroxylation is 1. The highest BCUT2D eigenvalue weighted by Crippen LogP contribution is 2.39. The third-order valence-electron chi connectivity index (χ3n) is 3.50. The fraction of sp³-hybridized carbons (Fsp3) is 0.0714. The molecule has 8 heteroatoms. The molecule has 4 aromatic rings. The van der Waals surface area contributed by atoms with E-state index in [9.17, 15) is 13.9 Å². The number of hydrogen-bond donors (Lipinski definition) is 2. The van der Waals surface area contributed by atoms with Crippen LogP contribution in [0.15, 0.2) is 17.8 Å². The van der Waals surface area contributed by atoms with Crippen molar-refractivity contribution in [3.05, 3.63) is 35.1 Å². The van der Waals surface area contributed by atoms with Gasteiger partial charge >= 0.3 is 0 Å². The first-order chi connectivity index (χ1) is 10.6. The molecule has 0 bridgehead atoms. The first-order valence-corrected chi connectivity index (χ1v) is 7.20. The monoisotopic (exact) mass is 318 g/mol. The van der Waals surface area contributed by atoms with Gasteiger partial charge in [0, 0.05) is 23.0 Å². The SMILES string of the molecule is Cc1n[nH]c2nc(-c3cncs3)c3c(F)cc(O)c(F)c3c12. The number of pyridine rings is 1. The Morgan fingerprint density at radius 3 is 2.77 bits per heavy atom. The fourth-order valence-electron chi connectivity index (χ4n) is 2.56. The Labute approximate surface area is 126 Å². The van der Waals surface area contributed by atoms with E-state index in [0.717, 1.165) is 6.07 Å². The topological polar surface area (TPSA) is 74.7 Å². The van der Waals surface area contributed by atoms with E-state index in [2.05, 4.69) is 20.2 Å². The van der Waals surface area contributed by atoms with Crippen molar-refractivity contribution in [3.8, 4) is 16.3 Å². The van der Waals surface area contributed by atoms with Crippen LogP contribution in [0.1, 0.15) is 5.69 Å². The van der Waals surface area contributed by atoms with Gasteiger partial charge in [0.05, 0.1) is 27.2 Å². The number of nitrogens with zero attached hydrogens (tertiary/aromatic N) is 3. The van der Waals surface area contributed by atoms with Crippen molar-refractivity contribution < 1.29 is 13.9 Å². The summed E-state index contributed by atoms with van der Waals surface area (Å²) in [6.45, 7) is 1.66. The number of aromatic nitrogens is 4. The Bertz CT molecular complexity index is 1030. The van der Waals surface area contributed by atoms with E-state index in [4.69, 9.17) is 0 Å². The van der Waals surface area contributed by atoms with Gasteiger partial charge < -0.3 is 5.11 Å². The summed E-state index contributed by atoms with van der Waals surface area (Å²) in [7, 11) is 0. The molecule has 2 N–H and O–H groups in total. The standard InChI is InChI=1S/C14H8F2N4OS/c1-5-9-11-10(6(15)2-7(21)12(11)16)13(8-3-17-4-22-8)18-14(9)20-19-5/h2-4,21H,1H3,(H,18,19,20). The van der Waals surface area contributed by atoms with Crippen LogP contribution >= 0.6 is 11.3 Å². The van der Waals surface area contributed by atoms with Gasteiger partial charge in [-0.3, -0.25) is 10.1 Å². The Hall–Kier alpha value is -2.61. The van der Waals surface area contributed by atoms with Crippen LogP contribution in [-0.4, -0.2) is 25.3 Å². The van der Waals surface area contributed by atoms with Gasteiger partial charge in [-0.2, -0.15) is 5.10 Å². The highest BCUT2D eigenvalue weighted by Gasteiger charge is 2.22. The minimum absolute atomic E-state index is 0.0107. The molecular formula is C14H8F2N4OS. The number of rotatable bonds is 1. The van der Waals surface area contributed by atoms with Crippen molar-refractivity contribution in [2.45, 2.75) is 6.92 Å². The lowest BCUT2D eigenvalue weighted by atomic mass is 10.0. The second kappa shape index (κ2) is 4.44. The Morgan fingerprint density at radius 2 is 2.05 bits per heavy atom. The van der Waals surface area contributed by atoms with E-state index in [-0.39, 0.29) is 16.5 Å². The smallest absolute Gasteiger partial charge is 0.173 e. The number of halogens is 2. The van der Waals surface area contributed by atoms with Crippen LogP contribution in [-0.2, 0) is 0 Å². The molecule has 110 valence electrons. The normalized spacial score (nSPS) is 11.6. The van der Waals surface area contributed by atoms with E-state index in [0.29, 0.717) is 21.6 Å². The number of thiazole rings is 1. The number of phenols is 1. The van der Waals surface area contributed by atoms with Gasteiger partial charge in [-0.1, -0.05) is 0 Å². The van der Waals surface area contributed by atoms with E-state index in [1.807, 2.05) is 0 Å². The summed E-state index contributed by atoms with van der Waals surface area (Å²) in [6, 6.07) is 0.755. The zero-order chi connectivity index (χ0) is 15.4. The van der Waals surface area contributed by atoms with Crippen molar-refractivity contribution in [1.82, 2.24) is 20.2 Å². The summed E-state index contributed by atoms with van der Waals surface area (Å²) in [5.74, 6) is -2.38. The largest absolute Gasteiger partial charge is 0.505 e. The maximum Gasteiger partial charge on any atom is 0.173 e. The van der Waals surface area contributed by atoms with Crippen LogP contribution in [0.25, 0.3) is 32.4 Å². The van der Waals surface area contributed by atoms with E-state index < -0.39 is 17.4 Å². The molecule has 0 spiro atoms. The van der Waals surface area contributed by atoms with Crippen molar-refractivity contribution in [1.29, 1.82) is 0 Å². The molecule has 22 heavy (non-hydrogen) atoms. The van der Waals surface area contributed by atoms with Crippen LogP contribution in [0.3, 0.4) is 0 Å². The molecule has 5 nitrogen and oxygen atoms in total. The summed E-state index contributed by atoms with van der Waals surface area (Å²) >= 11 is 1.27. The highest BCUT2D eigenvalue weighted by molar-refractivity contribution is 7.13. The molecule has 0 aliphatic rings. The fourth-order valence-corrected chi connectivity index (χ4v) is 3.17. The number of H-pyrrole nitrogens is 1. The summed E-state index contributed by atoms with van der Waals surface area (Å²) in [5, 5.41) is 16.7. The van der Waals surface area contributed by atoms with Gasteiger partial charge in [0.15, 0.2) is 17.2 Å². The van der Waals surface area contributed by atoms with Crippen LogP contribution in [0.5, 0.6) is 5.75 Å². The molecule has 0 unspecified atom stereocenters. The van der Waals surface area contributed by atoms with Gasteiger partial charge in [0.1, 0.15) is 5.82 Å². The molecule has 0 aliphatic heterocycles. The maximum absolute atomic E-state index is 14.5. The van der Waals surface area contributed by atoms with Gasteiger partial charge in [0.2, 0.25) is 0 Å². The summed E-state index contributed by atoms with van der Waals surface area (Å²) in [4.78, 5) is 8.91. The predicted octanol–water partition coefficient (Wildman–Crippen LogP) is 3.53. The van der Waals surface area contributed by atoms with Crippen LogP contribution in [0, 0.1) is 18.6 Å². The molecular weight excluding hydrogens is 310 g/mol. The molecule has 0 radical (unpaired) electrons. The molecule has 0 atom stereocenters. The molecule has 0 saturated carbocycles. The Morgan fingerprint density at radius 1 is 1.23 bits per heavy atom. The lowest BCUT2D eigenvalue weighted by molar-refractivity contribution is 0.431. The third kappa shape index (κ3) is 1.64. The molecule has 1 aromatic carbocycles. The van der Waals surface area contributed by atoms with Gasteiger partial charge in [-0.25, -0.2) is 13.8 Å². The maximum atomic E-state index is 14.5. The minimum atomic E-state index is -0.890. The molecule has 0 amide bonds. The average molecular weight is 318 g/mol. The lowest BCUT2D eigenvalue weighted by Crippen LogP contribution is -1.94. The van der Waals surface area contributed by atoms with Gasteiger partial charge in [-0.15, -0.1) is 11.3 Å². The van der Waals surface area contributed by atoms with Crippen LogP contribution in [0.2, 0.25) is 0 Å². The Kier molecular flexibility index (Phi) is 2.64. The van der Waals surface area contributed by atoms with Crippen molar-refractivity contribution in [2.24, 2.45) is 0 Å². The number of hydrogen-bond acceptors (Lipinski definition) is 5.